The van der Waals surface area contributed by atoms with E-state index in [0.717, 1.165) is 107 Å². The van der Waals surface area contributed by atoms with Crippen LogP contribution < -0.4 is 18.9 Å². The van der Waals surface area contributed by atoms with Crippen LogP contribution in [0.3, 0.4) is 0 Å². The van der Waals surface area contributed by atoms with Gasteiger partial charge in [-0.1, -0.05) is 42.5 Å². The third-order valence-electron chi connectivity index (χ3n) is 13.9. The van der Waals surface area contributed by atoms with Gasteiger partial charge in [0.15, 0.2) is 0 Å². The Morgan fingerprint density at radius 1 is 0.633 bits per heavy atom. The number of hydrogen-bond donors (Lipinski definition) is 0. The van der Waals surface area contributed by atoms with Gasteiger partial charge in [-0.3, -0.25) is 19.8 Å². The van der Waals surface area contributed by atoms with Gasteiger partial charge in [0.25, 0.3) is 0 Å². The summed E-state index contributed by atoms with van der Waals surface area (Å²) in [4.78, 5) is 24.6. The van der Waals surface area contributed by atoms with Crippen LogP contribution >= 0.6 is 0 Å². The first kappa shape index (κ1) is 38.4. The second-order valence-electron chi connectivity index (χ2n) is 16.9. The lowest BCUT2D eigenvalue weighted by atomic mass is 9.73. The zero-order valence-corrected chi connectivity index (χ0v) is 34.4. The Labute approximate surface area is 351 Å². The molecule has 6 aliphatic rings. The van der Waals surface area contributed by atoms with E-state index in [-0.39, 0.29) is 24.3 Å². The molecule has 6 aromatic rings. The number of ether oxygens (including phenoxy) is 4. The minimum atomic E-state index is -0.384. The number of nitrogens with zero attached hydrogens (tertiary/aromatic N) is 6. The number of pyridine rings is 2. The van der Waals surface area contributed by atoms with Crippen molar-refractivity contribution in [2.45, 2.75) is 50.0 Å². The molecule has 6 fully saturated rings. The molecule has 6 saturated heterocycles. The van der Waals surface area contributed by atoms with Crippen molar-refractivity contribution in [2.24, 2.45) is 23.7 Å². The van der Waals surface area contributed by atoms with Gasteiger partial charge in [-0.15, -0.1) is 13.2 Å². The number of rotatable bonds is 13. The Bertz CT molecular complexity index is 2380. The highest BCUT2D eigenvalue weighted by Crippen LogP contribution is 2.48. The molecule has 0 radical (unpaired) electrons. The third kappa shape index (κ3) is 6.95. The van der Waals surface area contributed by atoms with E-state index in [1.807, 2.05) is 54.9 Å². The van der Waals surface area contributed by atoms with Crippen molar-refractivity contribution in [1.82, 2.24) is 29.7 Å². The number of benzene rings is 3. The lowest BCUT2D eigenvalue weighted by Gasteiger charge is -2.51. The number of aromatic nitrogens is 4. The maximum atomic E-state index is 7.47. The van der Waals surface area contributed by atoms with Crippen LogP contribution in [0.15, 0.2) is 123 Å². The molecule has 10 nitrogen and oxygen atoms in total. The summed E-state index contributed by atoms with van der Waals surface area (Å²) < 4.78 is 26.4. The standard InChI is InChI=1S/C50H52N6O4/c1-5-31-28-55-22-18-34(31)24-44(55)47(38-16-20-51-42-14-12-36(57-3)26-40(38)42)59-49-46(33-10-8-7-9-11-33)50(54-30-53-49)60-48(45-25-35-19-23-56(45)29-32(35)6-2)39-17-21-52-43-15-13-37(58-4)27-41(39)43/h5-17,20-21,26-27,30-32,34-35,44-45,47-48H,1-2,18-19,22-25,28-29H2,3-4H3/t31-,32-,34-,35-,44-,45-,47+,48+/m0/s1. The Morgan fingerprint density at radius 3 is 1.57 bits per heavy atom. The van der Waals surface area contributed by atoms with Gasteiger partial charge in [-0.25, -0.2) is 9.97 Å². The molecule has 6 aliphatic heterocycles. The fourth-order valence-electron chi connectivity index (χ4n) is 10.8. The summed E-state index contributed by atoms with van der Waals surface area (Å²) in [5, 5.41) is 1.99. The molecule has 306 valence electrons. The molecule has 3 aromatic carbocycles. The highest BCUT2D eigenvalue weighted by Gasteiger charge is 2.46. The number of methoxy groups -OCH3 is 2. The van der Waals surface area contributed by atoms with Gasteiger partial charge in [0.1, 0.15) is 35.6 Å². The molecule has 0 saturated carbocycles. The van der Waals surface area contributed by atoms with E-state index in [1.54, 1.807) is 20.5 Å². The SMILES string of the molecule is C=C[C@H]1CN2CC[C@H]1C[C@H]2[C@H](Oc1ncnc(O[C@H](c2ccnc3ccc(OC)cc23)[C@@H]2C[C@@H]3CCN2C[C@@H]3C=C)c1-c1ccccc1)c1ccnc2ccc(OC)cc12. The second kappa shape index (κ2) is 16.3. The van der Waals surface area contributed by atoms with E-state index in [1.165, 1.54) is 0 Å². The number of fused-ring (bicyclic) bond motifs is 8. The molecular formula is C50H52N6O4. The minimum absolute atomic E-state index is 0.0917. The van der Waals surface area contributed by atoms with E-state index in [0.29, 0.717) is 35.4 Å². The van der Waals surface area contributed by atoms with Gasteiger partial charge >= 0.3 is 0 Å². The number of piperidine rings is 6. The molecule has 10 atom stereocenters. The Kier molecular flexibility index (Phi) is 10.4. The fourth-order valence-corrected chi connectivity index (χ4v) is 10.8. The van der Waals surface area contributed by atoms with Crippen LogP contribution in [0, 0.1) is 23.7 Å². The normalized spacial score (nSPS) is 26.6. The molecular weight excluding hydrogens is 749 g/mol. The van der Waals surface area contributed by atoms with Gasteiger partial charge in [0, 0.05) is 47.4 Å². The molecule has 4 bridgehead atoms. The predicted molar refractivity (Wildman–Crippen MR) is 234 cm³/mol. The molecule has 9 heterocycles. The molecule has 0 amide bonds. The van der Waals surface area contributed by atoms with Crippen molar-refractivity contribution >= 4 is 21.8 Å². The van der Waals surface area contributed by atoms with Crippen LogP contribution in [0.2, 0.25) is 0 Å². The third-order valence-corrected chi connectivity index (χ3v) is 13.9. The fraction of sp³-hybridized carbons (Fsp3) is 0.360. The molecule has 3 aromatic heterocycles. The van der Waals surface area contributed by atoms with Crippen LogP contribution in [-0.2, 0) is 0 Å². The van der Waals surface area contributed by atoms with Crippen molar-refractivity contribution in [1.29, 1.82) is 0 Å². The van der Waals surface area contributed by atoms with E-state index >= 15 is 0 Å². The van der Waals surface area contributed by atoms with Crippen molar-refractivity contribution < 1.29 is 18.9 Å². The van der Waals surface area contributed by atoms with Crippen LogP contribution in [0.4, 0.5) is 0 Å². The highest BCUT2D eigenvalue weighted by atomic mass is 16.5. The Hall–Kier alpha value is -5.84. The van der Waals surface area contributed by atoms with Crippen molar-refractivity contribution in [3.8, 4) is 34.4 Å². The van der Waals surface area contributed by atoms with Crippen LogP contribution in [0.5, 0.6) is 23.3 Å². The summed E-state index contributed by atoms with van der Waals surface area (Å²) >= 11 is 0. The van der Waals surface area contributed by atoms with E-state index in [4.69, 9.17) is 38.9 Å². The quantitative estimate of drug-likeness (QED) is 0.105. The van der Waals surface area contributed by atoms with Crippen molar-refractivity contribution in [3.05, 3.63) is 134 Å². The molecule has 10 heteroatoms. The maximum Gasteiger partial charge on any atom is 0.229 e. The summed E-state index contributed by atoms with van der Waals surface area (Å²) in [6, 6.07) is 26.8. The first-order chi connectivity index (χ1) is 29.5. The zero-order chi connectivity index (χ0) is 40.7. The smallest absolute Gasteiger partial charge is 0.229 e. The molecule has 2 unspecified atom stereocenters. The van der Waals surface area contributed by atoms with E-state index in [9.17, 15) is 0 Å². The topological polar surface area (TPSA) is 95.0 Å². The molecule has 12 rings (SSSR count). The van der Waals surface area contributed by atoms with Gasteiger partial charge in [-0.05, 0) is 117 Å². The van der Waals surface area contributed by atoms with Crippen LogP contribution in [-0.4, -0.2) is 82.2 Å². The largest absolute Gasteiger partial charge is 0.497 e. The van der Waals surface area contributed by atoms with E-state index < -0.39 is 0 Å². The molecule has 0 aliphatic carbocycles. The Morgan fingerprint density at radius 2 is 1.13 bits per heavy atom. The highest BCUT2D eigenvalue weighted by molar-refractivity contribution is 5.85. The summed E-state index contributed by atoms with van der Waals surface area (Å²) in [6.07, 6.45) is 13.1. The average Bonchev–Trinajstić information content (AvgIpc) is 3.32. The predicted octanol–water partition coefficient (Wildman–Crippen LogP) is 9.29. The zero-order valence-electron chi connectivity index (χ0n) is 34.4. The van der Waals surface area contributed by atoms with Gasteiger partial charge in [0.05, 0.1) is 37.3 Å². The first-order valence-electron chi connectivity index (χ1n) is 21.4. The van der Waals surface area contributed by atoms with Gasteiger partial charge < -0.3 is 18.9 Å². The monoisotopic (exact) mass is 800 g/mol. The van der Waals surface area contributed by atoms with Crippen LogP contribution in [0.25, 0.3) is 32.9 Å². The lowest BCUT2D eigenvalue weighted by molar-refractivity contribution is -0.0388. The van der Waals surface area contributed by atoms with Crippen molar-refractivity contribution in [2.75, 3.05) is 40.4 Å². The lowest BCUT2D eigenvalue weighted by Crippen LogP contribution is -2.55. The number of hydrogen-bond acceptors (Lipinski definition) is 10. The second-order valence-corrected chi connectivity index (χ2v) is 16.9. The summed E-state index contributed by atoms with van der Waals surface area (Å²) in [5.74, 6) is 4.47. The van der Waals surface area contributed by atoms with Gasteiger partial charge in [-0.2, -0.15) is 0 Å². The molecule has 0 N–H and O–H groups in total. The summed E-state index contributed by atoms with van der Waals surface area (Å²) in [5.41, 5.74) is 5.50. The van der Waals surface area contributed by atoms with Gasteiger partial charge in [0.2, 0.25) is 11.8 Å². The van der Waals surface area contributed by atoms with Crippen LogP contribution in [0.1, 0.15) is 49.0 Å². The minimum Gasteiger partial charge on any atom is -0.497 e. The Balaban J connectivity index is 1.12. The van der Waals surface area contributed by atoms with E-state index in [2.05, 4.69) is 71.5 Å². The summed E-state index contributed by atoms with van der Waals surface area (Å²) in [6.45, 7) is 12.3. The maximum absolute atomic E-state index is 7.47. The molecule has 60 heavy (non-hydrogen) atoms. The first-order valence-corrected chi connectivity index (χ1v) is 21.4. The molecule has 0 spiro atoms. The average molecular weight is 801 g/mol. The summed E-state index contributed by atoms with van der Waals surface area (Å²) in [7, 11) is 3.40. The van der Waals surface area contributed by atoms with Crippen molar-refractivity contribution in [3.63, 3.8) is 0 Å².